The maximum absolute atomic E-state index is 11.2. The lowest BCUT2D eigenvalue weighted by Crippen LogP contribution is -2.34. The van der Waals surface area contributed by atoms with Crippen molar-refractivity contribution in [1.29, 1.82) is 5.41 Å². The smallest absolute Gasteiger partial charge is 0.151 e. The van der Waals surface area contributed by atoms with Crippen LogP contribution in [0.3, 0.4) is 0 Å². The Balaban J connectivity index is 3.95. The second-order valence-corrected chi connectivity index (χ2v) is 6.33. The number of nitrogens with one attached hydrogen (secondary N) is 1. The van der Waals surface area contributed by atoms with Gasteiger partial charge in [0.1, 0.15) is 0 Å². The van der Waals surface area contributed by atoms with Gasteiger partial charge in [-0.3, -0.25) is 5.41 Å². The standard InChI is InChI=1S/C9H21N3O2S/c1-4-15(13,14)6-5-12(3)7-8(2)9(10)11/h8H,4-7H2,1-3H3,(H3,10,11). The van der Waals surface area contributed by atoms with Crippen LogP contribution in [0.4, 0.5) is 0 Å². The number of nitrogens with two attached hydrogens (primary N) is 1. The van der Waals surface area contributed by atoms with Crippen LogP contribution in [0.2, 0.25) is 0 Å². The van der Waals surface area contributed by atoms with Crippen molar-refractivity contribution in [3.05, 3.63) is 0 Å². The maximum atomic E-state index is 11.2. The summed E-state index contributed by atoms with van der Waals surface area (Å²) in [6.07, 6.45) is 0. The monoisotopic (exact) mass is 235 g/mol. The minimum Gasteiger partial charge on any atom is -0.387 e. The first-order valence-electron chi connectivity index (χ1n) is 5.01. The number of sulfone groups is 1. The Labute approximate surface area is 92.1 Å². The summed E-state index contributed by atoms with van der Waals surface area (Å²) < 4.78 is 22.5. The van der Waals surface area contributed by atoms with Crippen LogP contribution in [-0.2, 0) is 9.84 Å². The zero-order valence-corrected chi connectivity index (χ0v) is 10.5. The van der Waals surface area contributed by atoms with Crippen molar-refractivity contribution in [1.82, 2.24) is 4.90 Å². The van der Waals surface area contributed by atoms with Crippen molar-refractivity contribution in [3.63, 3.8) is 0 Å². The molecule has 0 radical (unpaired) electrons. The molecule has 0 rings (SSSR count). The Kier molecular flexibility index (Phi) is 5.82. The van der Waals surface area contributed by atoms with E-state index in [-0.39, 0.29) is 23.3 Å². The van der Waals surface area contributed by atoms with Gasteiger partial charge in [-0.05, 0) is 7.05 Å². The average molecular weight is 235 g/mol. The Bertz CT molecular complexity index is 300. The van der Waals surface area contributed by atoms with Gasteiger partial charge in [0.05, 0.1) is 11.6 Å². The summed E-state index contributed by atoms with van der Waals surface area (Å²) in [7, 11) is -1.06. The lowest BCUT2D eigenvalue weighted by Gasteiger charge is -2.20. The van der Waals surface area contributed by atoms with Gasteiger partial charge >= 0.3 is 0 Å². The third-order valence-corrected chi connectivity index (χ3v) is 4.02. The van der Waals surface area contributed by atoms with E-state index in [2.05, 4.69) is 0 Å². The minimum atomic E-state index is -2.90. The molecule has 0 fully saturated rings. The highest BCUT2D eigenvalue weighted by atomic mass is 32.2. The lowest BCUT2D eigenvalue weighted by molar-refractivity contribution is 0.330. The predicted octanol–water partition coefficient (Wildman–Crippen LogP) is -0.0750. The van der Waals surface area contributed by atoms with Crippen molar-refractivity contribution in [3.8, 4) is 0 Å². The van der Waals surface area contributed by atoms with Crippen LogP contribution in [0.1, 0.15) is 13.8 Å². The lowest BCUT2D eigenvalue weighted by atomic mass is 10.1. The number of hydrogen-bond donors (Lipinski definition) is 2. The summed E-state index contributed by atoms with van der Waals surface area (Å²) in [6, 6.07) is 0. The fourth-order valence-electron chi connectivity index (χ4n) is 1.10. The molecule has 0 aromatic heterocycles. The first kappa shape index (κ1) is 14.4. The van der Waals surface area contributed by atoms with Crippen LogP contribution >= 0.6 is 0 Å². The van der Waals surface area contributed by atoms with Gasteiger partial charge < -0.3 is 10.6 Å². The van der Waals surface area contributed by atoms with Gasteiger partial charge in [0.25, 0.3) is 0 Å². The summed E-state index contributed by atoms with van der Waals surface area (Å²) >= 11 is 0. The molecule has 0 aliphatic heterocycles. The van der Waals surface area contributed by atoms with E-state index in [9.17, 15) is 8.42 Å². The molecule has 3 N–H and O–H groups in total. The first-order chi connectivity index (χ1) is 6.78. The van der Waals surface area contributed by atoms with Crippen LogP contribution in [0.15, 0.2) is 0 Å². The van der Waals surface area contributed by atoms with Crippen LogP contribution in [0, 0.1) is 11.3 Å². The summed E-state index contributed by atoms with van der Waals surface area (Å²) in [6.45, 7) is 4.61. The third kappa shape index (κ3) is 6.46. The Morgan fingerprint density at radius 1 is 1.53 bits per heavy atom. The molecule has 0 aromatic carbocycles. The summed E-state index contributed by atoms with van der Waals surface area (Å²) in [5.41, 5.74) is 5.33. The Morgan fingerprint density at radius 2 is 2.07 bits per heavy atom. The fraction of sp³-hybridized carbons (Fsp3) is 0.889. The molecule has 0 saturated heterocycles. The van der Waals surface area contributed by atoms with Gasteiger partial charge in [0, 0.05) is 24.8 Å². The van der Waals surface area contributed by atoms with E-state index in [1.807, 2.05) is 18.9 Å². The molecule has 0 heterocycles. The quantitative estimate of drug-likeness (QED) is 0.477. The maximum Gasteiger partial charge on any atom is 0.151 e. The largest absolute Gasteiger partial charge is 0.387 e. The molecule has 0 aliphatic carbocycles. The number of amidine groups is 1. The van der Waals surface area contributed by atoms with Crippen molar-refractivity contribution < 1.29 is 8.42 Å². The van der Waals surface area contributed by atoms with Crippen molar-refractivity contribution in [2.75, 3.05) is 31.6 Å². The first-order valence-corrected chi connectivity index (χ1v) is 6.83. The van der Waals surface area contributed by atoms with E-state index < -0.39 is 9.84 Å². The highest BCUT2D eigenvalue weighted by Gasteiger charge is 2.12. The molecule has 1 atom stereocenters. The van der Waals surface area contributed by atoms with Crippen LogP contribution < -0.4 is 5.73 Å². The van der Waals surface area contributed by atoms with Crippen LogP contribution in [0.25, 0.3) is 0 Å². The molecule has 0 saturated carbocycles. The van der Waals surface area contributed by atoms with Crippen molar-refractivity contribution in [2.45, 2.75) is 13.8 Å². The van der Waals surface area contributed by atoms with Crippen molar-refractivity contribution >= 4 is 15.7 Å². The Morgan fingerprint density at radius 3 is 2.47 bits per heavy atom. The molecular formula is C9H21N3O2S. The van der Waals surface area contributed by atoms with E-state index in [4.69, 9.17) is 11.1 Å². The van der Waals surface area contributed by atoms with E-state index >= 15 is 0 Å². The molecule has 0 spiro atoms. The molecular weight excluding hydrogens is 214 g/mol. The van der Waals surface area contributed by atoms with Gasteiger partial charge in [-0.2, -0.15) is 0 Å². The highest BCUT2D eigenvalue weighted by Crippen LogP contribution is 1.98. The molecule has 0 amide bonds. The molecule has 0 aromatic rings. The summed E-state index contributed by atoms with van der Waals surface area (Å²) in [5, 5.41) is 7.22. The SMILES string of the molecule is CCS(=O)(=O)CCN(C)CC(C)C(=N)N. The van der Waals surface area contributed by atoms with Gasteiger partial charge in [0.2, 0.25) is 0 Å². The van der Waals surface area contributed by atoms with E-state index in [0.717, 1.165) is 0 Å². The van der Waals surface area contributed by atoms with E-state index in [0.29, 0.717) is 13.1 Å². The number of nitrogens with zero attached hydrogens (tertiary/aromatic N) is 1. The minimum absolute atomic E-state index is 0.0284. The summed E-state index contributed by atoms with van der Waals surface area (Å²) in [4.78, 5) is 1.89. The highest BCUT2D eigenvalue weighted by molar-refractivity contribution is 7.91. The Hall–Kier alpha value is -0.620. The predicted molar refractivity (Wildman–Crippen MR) is 62.9 cm³/mol. The molecule has 90 valence electrons. The zero-order valence-electron chi connectivity index (χ0n) is 9.66. The topological polar surface area (TPSA) is 87.2 Å². The van der Waals surface area contributed by atoms with Crippen LogP contribution in [-0.4, -0.2) is 50.8 Å². The molecule has 0 aliphatic rings. The van der Waals surface area contributed by atoms with Crippen LogP contribution in [0.5, 0.6) is 0 Å². The van der Waals surface area contributed by atoms with Gasteiger partial charge in [0.15, 0.2) is 9.84 Å². The average Bonchev–Trinajstić information content (AvgIpc) is 2.15. The van der Waals surface area contributed by atoms with Crippen molar-refractivity contribution in [2.24, 2.45) is 11.7 Å². The molecule has 1 unspecified atom stereocenters. The fourth-order valence-corrected chi connectivity index (χ4v) is 1.97. The molecule has 5 nitrogen and oxygen atoms in total. The van der Waals surface area contributed by atoms with E-state index in [1.54, 1.807) is 6.92 Å². The van der Waals surface area contributed by atoms with Gasteiger partial charge in [-0.15, -0.1) is 0 Å². The molecule has 0 bridgehead atoms. The second-order valence-electron chi connectivity index (χ2n) is 3.86. The third-order valence-electron chi connectivity index (χ3n) is 2.34. The number of rotatable bonds is 7. The molecule has 6 heteroatoms. The second kappa shape index (κ2) is 6.07. The van der Waals surface area contributed by atoms with Gasteiger partial charge in [-0.25, -0.2) is 8.42 Å². The normalized spacial score (nSPS) is 14.1. The zero-order chi connectivity index (χ0) is 12.1. The van der Waals surface area contributed by atoms with E-state index in [1.165, 1.54) is 0 Å². The molecule has 15 heavy (non-hydrogen) atoms. The van der Waals surface area contributed by atoms with Gasteiger partial charge in [-0.1, -0.05) is 13.8 Å². The number of hydrogen-bond acceptors (Lipinski definition) is 4. The summed E-state index contributed by atoms with van der Waals surface area (Å²) in [5.74, 6) is 0.466.